The van der Waals surface area contributed by atoms with Crippen LogP contribution in [0.5, 0.6) is 17.2 Å². The first-order valence-corrected chi connectivity index (χ1v) is 14.3. The van der Waals surface area contributed by atoms with Gasteiger partial charge in [-0.1, -0.05) is 91.0 Å². The van der Waals surface area contributed by atoms with Crippen molar-refractivity contribution < 1.29 is 38.6 Å². The topological polar surface area (TPSA) is 95.8 Å². The van der Waals surface area contributed by atoms with Gasteiger partial charge in [-0.25, -0.2) is 0 Å². The SMILES string of the molecule is COc1ccc([C@@H]2O[C@H](COCc3ccccc3)[C@@H](OCc3ccccc3)[C@H](OCc3ccccc3)[C@H]2O)c(OC)c1O. The molecular weight excluding hydrogens is 548 g/mol. The van der Waals surface area contributed by atoms with Crippen LogP contribution >= 0.6 is 0 Å². The van der Waals surface area contributed by atoms with Crippen molar-refractivity contribution in [2.24, 2.45) is 0 Å². The Kier molecular flexibility index (Phi) is 10.7. The number of aliphatic hydroxyl groups is 1. The molecule has 0 unspecified atom stereocenters. The highest BCUT2D eigenvalue weighted by Gasteiger charge is 2.48. The van der Waals surface area contributed by atoms with E-state index in [1.54, 1.807) is 12.1 Å². The molecule has 1 fully saturated rings. The summed E-state index contributed by atoms with van der Waals surface area (Å²) in [6, 6.07) is 32.8. The van der Waals surface area contributed by atoms with Gasteiger partial charge in [0.1, 0.15) is 30.5 Å². The van der Waals surface area contributed by atoms with E-state index in [2.05, 4.69) is 0 Å². The molecule has 0 aromatic heterocycles. The third kappa shape index (κ3) is 7.54. The quantitative estimate of drug-likeness (QED) is 0.209. The van der Waals surface area contributed by atoms with Crippen LogP contribution < -0.4 is 9.47 Å². The molecule has 8 heteroatoms. The minimum absolute atomic E-state index is 0.151. The largest absolute Gasteiger partial charge is 0.502 e. The monoisotopic (exact) mass is 586 g/mol. The van der Waals surface area contributed by atoms with Crippen LogP contribution in [0.25, 0.3) is 0 Å². The number of ether oxygens (including phenoxy) is 6. The highest BCUT2D eigenvalue weighted by Crippen LogP contribution is 2.46. The molecule has 8 nitrogen and oxygen atoms in total. The molecule has 1 aliphatic heterocycles. The maximum absolute atomic E-state index is 11.8. The van der Waals surface area contributed by atoms with Gasteiger partial charge >= 0.3 is 0 Å². The predicted molar refractivity (Wildman–Crippen MR) is 161 cm³/mol. The van der Waals surface area contributed by atoms with Crippen LogP contribution in [-0.4, -0.2) is 55.5 Å². The first-order valence-electron chi connectivity index (χ1n) is 14.3. The molecule has 226 valence electrons. The molecule has 0 bridgehead atoms. The molecule has 43 heavy (non-hydrogen) atoms. The number of hydrogen-bond donors (Lipinski definition) is 2. The summed E-state index contributed by atoms with van der Waals surface area (Å²) >= 11 is 0. The summed E-state index contributed by atoms with van der Waals surface area (Å²) in [5.74, 6) is 0.215. The Morgan fingerprint density at radius 2 is 1.19 bits per heavy atom. The van der Waals surface area contributed by atoms with E-state index < -0.39 is 30.5 Å². The highest BCUT2D eigenvalue weighted by atomic mass is 16.6. The first-order chi connectivity index (χ1) is 21.1. The van der Waals surface area contributed by atoms with Crippen LogP contribution in [0, 0.1) is 0 Å². The number of phenolic OH excluding ortho intramolecular Hbond substituents is 1. The van der Waals surface area contributed by atoms with E-state index in [1.807, 2.05) is 91.0 Å². The molecule has 1 aliphatic rings. The lowest BCUT2D eigenvalue weighted by molar-refractivity contribution is -0.263. The highest BCUT2D eigenvalue weighted by molar-refractivity contribution is 5.55. The lowest BCUT2D eigenvalue weighted by Gasteiger charge is -2.45. The molecule has 5 atom stereocenters. The van der Waals surface area contributed by atoms with Crippen molar-refractivity contribution in [1.82, 2.24) is 0 Å². The summed E-state index contributed by atoms with van der Waals surface area (Å²) in [7, 11) is 2.91. The number of aliphatic hydroxyl groups excluding tert-OH is 1. The summed E-state index contributed by atoms with van der Waals surface area (Å²) < 4.78 is 36.5. The molecule has 0 spiro atoms. The Morgan fingerprint density at radius 1 is 0.651 bits per heavy atom. The van der Waals surface area contributed by atoms with Gasteiger partial charge in [0.15, 0.2) is 11.5 Å². The van der Waals surface area contributed by atoms with Gasteiger partial charge in [-0.2, -0.15) is 0 Å². The Hall–Kier alpha value is -3.92. The second kappa shape index (κ2) is 15.0. The minimum atomic E-state index is -1.17. The molecular formula is C35H38O8. The Labute approximate surface area is 252 Å². The van der Waals surface area contributed by atoms with E-state index in [0.717, 1.165) is 16.7 Å². The van der Waals surface area contributed by atoms with Crippen LogP contribution in [-0.2, 0) is 38.8 Å². The fourth-order valence-electron chi connectivity index (χ4n) is 5.28. The van der Waals surface area contributed by atoms with Crippen molar-refractivity contribution in [3.63, 3.8) is 0 Å². The molecule has 0 saturated carbocycles. The van der Waals surface area contributed by atoms with E-state index in [4.69, 9.17) is 28.4 Å². The molecule has 0 radical (unpaired) electrons. The normalized spacial score (nSPS) is 21.8. The number of benzene rings is 4. The lowest BCUT2D eigenvalue weighted by atomic mass is 9.90. The van der Waals surface area contributed by atoms with Gasteiger partial charge in [0.2, 0.25) is 5.75 Å². The fraction of sp³-hybridized carbons (Fsp3) is 0.314. The van der Waals surface area contributed by atoms with Gasteiger partial charge in [0.05, 0.1) is 40.6 Å². The standard InChI is InChI=1S/C35H38O8/c1-38-28-19-18-27(32(39-2)30(28)36)33-31(37)35(42-22-26-16-10-5-11-17-26)34(41-21-25-14-8-4-9-15-25)29(43-33)23-40-20-24-12-6-3-7-13-24/h3-19,29,31,33-37H,20-23H2,1-2H3/t29-,31+,33+,34-,35-/m1/s1. The third-order valence-corrected chi connectivity index (χ3v) is 7.48. The fourth-order valence-corrected chi connectivity index (χ4v) is 5.28. The second-order valence-corrected chi connectivity index (χ2v) is 10.3. The number of hydrogen-bond acceptors (Lipinski definition) is 8. The minimum Gasteiger partial charge on any atom is -0.502 e. The zero-order valence-electron chi connectivity index (χ0n) is 24.4. The maximum Gasteiger partial charge on any atom is 0.201 e. The van der Waals surface area contributed by atoms with Crippen LogP contribution in [0.15, 0.2) is 103 Å². The number of aromatic hydroxyl groups is 1. The Bertz CT molecular complexity index is 1400. The maximum atomic E-state index is 11.8. The molecule has 2 N–H and O–H groups in total. The van der Waals surface area contributed by atoms with Crippen LogP contribution in [0.4, 0.5) is 0 Å². The summed E-state index contributed by atoms with van der Waals surface area (Å²) in [5, 5.41) is 22.7. The van der Waals surface area contributed by atoms with Gasteiger partial charge in [-0.3, -0.25) is 0 Å². The van der Waals surface area contributed by atoms with E-state index in [0.29, 0.717) is 18.8 Å². The number of phenols is 1. The van der Waals surface area contributed by atoms with Crippen LogP contribution in [0.3, 0.4) is 0 Å². The molecule has 1 heterocycles. The van der Waals surface area contributed by atoms with Gasteiger partial charge in [-0.15, -0.1) is 0 Å². The summed E-state index contributed by atoms with van der Waals surface area (Å²) in [5.41, 5.74) is 3.41. The molecule has 5 rings (SSSR count). The van der Waals surface area contributed by atoms with E-state index in [1.165, 1.54) is 14.2 Å². The van der Waals surface area contributed by atoms with Crippen LogP contribution in [0.2, 0.25) is 0 Å². The van der Waals surface area contributed by atoms with Crippen molar-refractivity contribution in [1.29, 1.82) is 0 Å². The summed E-state index contributed by atoms with van der Waals surface area (Å²) in [4.78, 5) is 0. The predicted octanol–water partition coefficient (Wildman–Crippen LogP) is 5.60. The summed E-state index contributed by atoms with van der Waals surface area (Å²) in [6.07, 6.45) is -4.20. The molecule has 0 aliphatic carbocycles. The zero-order valence-corrected chi connectivity index (χ0v) is 24.4. The molecule has 4 aromatic rings. The van der Waals surface area contributed by atoms with E-state index in [-0.39, 0.29) is 30.5 Å². The average molecular weight is 587 g/mol. The van der Waals surface area contributed by atoms with E-state index in [9.17, 15) is 10.2 Å². The Balaban J connectivity index is 1.47. The van der Waals surface area contributed by atoms with Gasteiger partial charge in [0, 0.05) is 5.56 Å². The molecule has 0 amide bonds. The zero-order chi connectivity index (χ0) is 30.0. The van der Waals surface area contributed by atoms with E-state index >= 15 is 0 Å². The van der Waals surface area contributed by atoms with Gasteiger partial charge in [-0.05, 0) is 28.8 Å². The van der Waals surface area contributed by atoms with Crippen molar-refractivity contribution >= 4 is 0 Å². The van der Waals surface area contributed by atoms with Crippen molar-refractivity contribution in [2.75, 3.05) is 20.8 Å². The third-order valence-electron chi connectivity index (χ3n) is 7.48. The lowest BCUT2D eigenvalue weighted by Crippen LogP contribution is -2.57. The van der Waals surface area contributed by atoms with Crippen molar-refractivity contribution in [3.8, 4) is 17.2 Å². The summed E-state index contributed by atoms with van der Waals surface area (Å²) in [6.45, 7) is 1.09. The van der Waals surface area contributed by atoms with Gasteiger partial charge < -0.3 is 38.6 Å². The van der Waals surface area contributed by atoms with Crippen molar-refractivity contribution in [2.45, 2.75) is 50.3 Å². The smallest absolute Gasteiger partial charge is 0.201 e. The molecule has 4 aromatic carbocycles. The molecule has 1 saturated heterocycles. The second-order valence-electron chi connectivity index (χ2n) is 10.3. The van der Waals surface area contributed by atoms with Crippen LogP contribution in [0.1, 0.15) is 28.4 Å². The van der Waals surface area contributed by atoms with Crippen molar-refractivity contribution in [3.05, 3.63) is 125 Å². The number of methoxy groups -OCH3 is 2. The Morgan fingerprint density at radius 3 is 1.72 bits per heavy atom. The first kappa shape index (κ1) is 30.5. The average Bonchev–Trinajstić information content (AvgIpc) is 3.05. The number of rotatable bonds is 13. The van der Waals surface area contributed by atoms with Gasteiger partial charge in [0.25, 0.3) is 0 Å².